The van der Waals surface area contributed by atoms with E-state index in [0.717, 1.165) is 43.1 Å². The van der Waals surface area contributed by atoms with Crippen LogP contribution in [-0.4, -0.2) is 39.6 Å². The van der Waals surface area contributed by atoms with Crippen LogP contribution in [0.15, 0.2) is 18.3 Å². The molecule has 1 atom stereocenters. The molecule has 1 fully saturated rings. The van der Waals surface area contributed by atoms with Gasteiger partial charge in [0.15, 0.2) is 0 Å². The lowest BCUT2D eigenvalue weighted by Crippen LogP contribution is -2.26. The van der Waals surface area contributed by atoms with Crippen molar-refractivity contribution < 1.29 is 14.3 Å². The molecule has 124 valence electrons. The van der Waals surface area contributed by atoms with Gasteiger partial charge in [-0.15, -0.1) is 0 Å². The lowest BCUT2D eigenvalue weighted by Gasteiger charge is -2.22. The Hall–Kier alpha value is -2.08. The zero-order valence-corrected chi connectivity index (χ0v) is 13.9. The first-order valence-corrected chi connectivity index (χ1v) is 8.04. The molecule has 6 heteroatoms. The summed E-state index contributed by atoms with van der Waals surface area (Å²) in [7, 11) is 1.83. The second-order valence-corrected chi connectivity index (χ2v) is 6.04. The molecule has 2 aromatic heterocycles. The van der Waals surface area contributed by atoms with Crippen molar-refractivity contribution in [2.24, 2.45) is 7.05 Å². The zero-order valence-electron chi connectivity index (χ0n) is 13.9. The van der Waals surface area contributed by atoms with E-state index in [4.69, 9.17) is 9.47 Å². The van der Waals surface area contributed by atoms with Crippen molar-refractivity contribution >= 4 is 5.97 Å². The number of ether oxygens (including phenoxy) is 2. The highest BCUT2D eigenvalue weighted by molar-refractivity contribution is 5.92. The summed E-state index contributed by atoms with van der Waals surface area (Å²) in [6, 6.07) is 4.04. The summed E-state index contributed by atoms with van der Waals surface area (Å²) in [6.45, 7) is 5.06. The maximum absolute atomic E-state index is 12.5. The van der Waals surface area contributed by atoms with Crippen LogP contribution in [0.4, 0.5) is 0 Å². The van der Waals surface area contributed by atoms with E-state index in [0.29, 0.717) is 12.2 Å². The summed E-state index contributed by atoms with van der Waals surface area (Å²) in [6.07, 6.45) is 4.75. The fourth-order valence-electron chi connectivity index (χ4n) is 3.03. The van der Waals surface area contributed by atoms with Crippen molar-refractivity contribution in [3.8, 4) is 5.82 Å². The van der Waals surface area contributed by atoms with Crippen molar-refractivity contribution in [3.63, 3.8) is 0 Å². The van der Waals surface area contributed by atoms with Gasteiger partial charge in [0.1, 0.15) is 18.0 Å². The van der Waals surface area contributed by atoms with Crippen LogP contribution in [-0.2, 0) is 16.5 Å². The van der Waals surface area contributed by atoms with Gasteiger partial charge in [0.25, 0.3) is 0 Å². The number of carbonyl (C=O) groups is 1. The van der Waals surface area contributed by atoms with Crippen LogP contribution in [0, 0.1) is 13.8 Å². The van der Waals surface area contributed by atoms with Crippen LogP contribution in [0.5, 0.6) is 0 Å². The number of nitrogens with zero attached hydrogens (tertiary/aromatic N) is 3. The lowest BCUT2D eigenvalue weighted by molar-refractivity contribution is -0.0300. The summed E-state index contributed by atoms with van der Waals surface area (Å²) in [5, 5.41) is 4.23. The van der Waals surface area contributed by atoms with Crippen LogP contribution in [0.3, 0.4) is 0 Å². The van der Waals surface area contributed by atoms with Crippen LogP contribution in [0.1, 0.15) is 41.0 Å². The summed E-state index contributed by atoms with van der Waals surface area (Å²) < 4.78 is 14.8. The number of esters is 1. The van der Waals surface area contributed by atoms with E-state index in [1.165, 1.54) is 0 Å². The molecule has 0 bridgehead atoms. The number of aryl methyl sites for hydroxylation is 3. The molecule has 3 rings (SSSR count). The summed E-state index contributed by atoms with van der Waals surface area (Å²) in [5.74, 6) is 0.384. The van der Waals surface area contributed by atoms with E-state index in [1.54, 1.807) is 10.9 Å². The van der Waals surface area contributed by atoms with Gasteiger partial charge in [-0.25, -0.2) is 4.79 Å². The van der Waals surface area contributed by atoms with Crippen LogP contribution >= 0.6 is 0 Å². The van der Waals surface area contributed by atoms with Crippen LogP contribution in [0.25, 0.3) is 5.82 Å². The van der Waals surface area contributed by atoms with E-state index < -0.39 is 0 Å². The molecular formula is C17H23N3O3. The van der Waals surface area contributed by atoms with E-state index in [-0.39, 0.29) is 12.1 Å². The van der Waals surface area contributed by atoms with E-state index >= 15 is 0 Å². The number of rotatable bonds is 4. The Morgan fingerprint density at radius 1 is 1.35 bits per heavy atom. The van der Waals surface area contributed by atoms with Crippen molar-refractivity contribution in [1.82, 2.24) is 14.3 Å². The molecule has 0 spiro atoms. The molecule has 0 radical (unpaired) electrons. The first-order chi connectivity index (χ1) is 11.1. The van der Waals surface area contributed by atoms with Gasteiger partial charge in [0, 0.05) is 25.0 Å². The molecule has 1 aliphatic heterocycles. The molecule has 0 amide bonds. The van der Waals surface area contributed by atoms with E-state index in [1.807, 2.05) is 37.6 Å². The Kier molecular flexibility index (Phi) is 4.52. The molecule has 0 saturated carbocycles. The minimum Gasteiger partial charge on any atom is -0.459 e. The van der Waals surface area contributed by atoms with E-state index in [9.17, 15) is 4.79 Å². The molecule has 1 saturated heterocycles. The highest BCUT2D eigenvalue weighted by Crippen LogP contribution is 2.21. The lowest BCUT2D eigenvalue weighted by atomic mass is 10.1. The predicted octanol–water partition coefficient (Wildman–Crippen LogP) is 2.55. The fraction of sp³-hybridized carbons (Fsp3) is 0.529. The average Bonchev–Trinajstić information content (AvgIpc) is 3.08. The molecule has 2 aromatic rings. The third-order valence-electron chi connectivity index (χ3n) is 4.28. The Labute approximate surface area is 136 Å². The molecule has 1 unspecified atom stereocenters. The van der Waals surface area contributed by atoms with Gasteiger partial charge in [-0.1, -0.05) is 0 Å². The molecule has 23 heavy (non-hydrogen) atoms. The standard InChI is InChI=1S/C17H23N3O3/c1-12-7-8-13(2)20(12)16-15(10-18-19(16)3)17(21)23-11-14-6-4-5-9-22-14/h7-8,10,14H,4-6,9,11H2,1-3H3. The summed E-state index contributed by atoms with van der Waals surface area (Å²) >= 11 is 0. The van der Waals surface area contributed by atoms with Gasteiger partial charge in [0.05, 0.1) is 12.3 Å². The van der Waals surface area contributed by atoms with Crippen molar-refractivity contribution in [1.29, 1.82) is 0 Å². The zero-order chi connectivity index (χ0) is 16.4. The third-order valence-corrected chi connectivity index (χ3v) is 4.28. The monoisotopic (exact) mass is 317 g/mol. The molecule has 0 aliphatic carbocycles. The Bertz CT molecular complexity index is 677. The van der Waals surface area contributed by atoms with Crippen LogP contribution < -0.4 is 0 Å². The minimum atomic E-state index is -0.352. The molecule has 1 aliphatic rings. The third kappa shape index (κ3) is 3.17. The Morgan fingerprint density at radius 3 is 2.74 bits per heavy atom. The number of hydrogen-bond donors (Lipinski definition) is 0. The van der Waals surface area contributed by atoms with Gasteiger partial charge in [0.2, 0.25) is 0 Å². The second kappa shape index (κ2) is 6.58. The van der Waals surface area contributed by atoms with Gasteiger partial charge in [-0.3, -0.25) is 4.68 Å². The van der Waals surface area contributed by atoms with Gasteiger partial charge in [-0.05, 0) is 45.2 Å². The maximum atomic E-state index is 12.5. The summed E-state index contributed by atoms with van der Waals surface area (Å²) in [5.41, 5.74) is 2.58. The van der Waals surface area contributed by atoms with Gasteiger partial charge >= 0.3 is 5.97 Å². The molecule has 0 N–H and O–H groups in total. The minimum absolute atomic E-state index is 0.0165. The first kappa shape index (κ1) is 15.8. The molecule has 0 aromatic carbocycles. The SMILES string of the molecule is Cc1ccc(C)n1-c1c(C(=O)OCC2CCCCO2)cnn1C. The highest BCUT2D eigenvalue weighted by Gasteiger charge is 2.23. The molecular weight excluding hydrogens is 294 g/mol. The Morgan fingerprint density at radius 2 is 2.09 bits per heavy atom. The van der Waals surface area contributed by atoms with E-state index in [2.05, 4.69) is 5.10 Å². The highest BCUT2D eigenvalue weighted by atomic mass is 16.6. The second-order valence-electron chi connectivity index (χ2n) is 6.04. The van der Waals surface area contributed by atoms with Crippen molar-refractivity contribution in [3.05, 3.63) is 35.3 Å². The molecule has 6 nitrogen and oxygen atoms in total. The van der Waals surface area contributed by atoms with Gasteiger partial charge in [-0.2, -0.15) is 5.10 Å². The van der Waals surface area contributed by atoms with Gasteiger partial charge < -0.3 is 14.0 Å². The topological polar surface area (TPSA) is 58.3 Å². The van der Waals surface area contributed by atoms with Crippen LogP contribution in [0.2, 0.25) is 0 Å². The summed E-state index contributed by atoms with van der Waals surface area (Å²) in [4.78, 5) is 12.5. The predicted molar refractivity (Wildman–Crippen MR) is 85.9 cm³/mol. The maximum Gasteiger partial charge on any atom is 0.343 e. The number of hydrogen-bond acceptors (Lipinski definition) is 4. The first-order valence-electron chi connectivity index (χ1n) is 8.04. The normalized spacial score (nSPS) is 18.1. The number of carbonyl (C=O) groups excluding carboxylic acids is 1. The fourth-order valence-corrected chi connectivity index (χ4v) is 3.03. The average molecular weight is 317 g/mol. The smallest absolute Gasteiger partial charge is 0.343 e. The quantitative estimate of drug-likeness (QED) is 0.813. The van der Waals surface area contributed by atoms with Crippen molar-refractivity contribution in [2.45, 2.75) is 39.2 Å². The molecule has 3 heterocycles. The number of aromatic nitrogens is 3. The van der Waals surface area contributed by atoms with Crippen molar-refractivity contribution in [2.75, 3.05) is 13.2 Å². The Balaban J connectivity index is 1.79. The largest absolute Gasteiger partial charge is 0.459 e.